The number of hydrogen-bond donors (Lipinski definition) is 1. The minimum Gasteiger partial charge on any atom is -0.312 e. The monoisotopic (exact) mass is 187 g/mol. The summed E-state index contributed by atoms with van der Waals surface area (Å²) in [4.78, 5) is 11.8. The molecule has 0 amide bonds. The predicted octanol–water partition coefficient (Wildman–Crippen LogP) is 1.22. The number of carbonyl (C=O) groups excluding carboxylic acids is 1. The van der Waals surface area contributed by atoms with Crippen molar-refractivity contribution in [3.63, 3.8) is 0 Å². The van der Waals surface area contributed by atoms with Crippen LogP contribution in [0.4, 0.5) is 0 Å². The summed E-state index contributed by atoms with van der Waals surface area (Å²) < 4.78 is 0. The molecule has 1 fully saturated rings. The van der Waals surface area contributed by atoms with Crippen molar-refractivity contribution in [3.05, 3.63) is 35.5 Å². The number of allylic oxidation sites excluding steroid dienone is 5. The Labute approximate surface area is 83.4 Å². The fraction of sp³-hybridized carbons (Fsp3) is 0.417. The van der Waals surface area contributed by atoms with Crippen molar-refractivity contribution in [1.29, 1.82) is 0 Å². The van der Waals surface area contributed by atoms with Crippen molar-refractivity contribution < 1.29 is 4.79 Å². The summed E-state index contributed by atoms with van der Waals surface area (Å²) in [6.07, 6.45) is 8.88. The summed E-state index contributed by atoms with van der Waals surface area (Å²) >= 11 is 0. The number of fused-ring (bicyclic) bond motifs is 2. The molecule has 0 saturated carbocycles. The van der Waals surface area contributed by atoms with Gasteiger partial charge in [-0.1, -0.05) is 24.3 Å². The van der Waals surface area contributed by atoms with E-state index in [2.05, 4.69) is 11.4 Å². The van der Waals surface area contributed by atoms with Gasteiger partial charge >= 0.3 is 0 Å². The summed E-state index contributed by atoms with van der Waals surface area (Å²) in [5.41, 5.74) is 2.73. The Hall–Kier alpha value is -1.15. The Morgan fingerprint density at radius 3 is 3.21 bits per heavy atom. The zero-order valence-corrected chi connectivity index (χ0v) is 7.99. The smallest absolute Gasteiger partial charge is 0.144 e. The maximum absolute atomic E-state index is 11.8. The summed E-state index contributed by atoms with van der Waals surface area (Å²) in [7, 11) is 0. The van der Waals surface area contributed by atoms with Crippen molar-refractivity contribution in [1.82, 2.24) is 5.32 Å². The lowest BCUT2D eigenvalue weighted by Crippen LogP contribution is -2.27. The van der Waals surface area contributed by atoms with Crippen molar-refractivity contribution in [3.8, 4) is 0 Å². The van der Waals surface area contributed by atoms with Crippen LogP contribution in [0, 0.1) is 11.8 Å². The van der Waals surface area contributed by atoms with Gasteiger partial charge in [0, 0.05) is 25.4 Å². The van der Waals surface area contributed by atoms with Gasteiger partial charge in [0.2, 0.25) is 0 Å². The quantitative estimate of drug-likeness (QED) is 0.617. The lowest BCUT2D eigenvalue weighted by Gasteiger charge is -2.27. The van der Waals surface area contributed by atoms with Gasteiger partial charge < -0.3 is 5.32 Å². The fourth-order valence-corrected chi connectivity index (χ4v) is 2.68. The fourth-order valence-electron chi connectivity index (χ4n) is 2.68. The van der Waals surface area contributed by atoms with E-state index < -0.39 is 0 Å². The Morgan fingerprint density at radius 1 is 1.36 bits per heavy atom. The second kappa shape index (κ2) is 2.92. The van der Waals surface area contributed by atoms with Crippen LogP contribution in [0.5, 0.6) is 0 Å². The van der Waals surface area contributed by atoms with Crippen LogP contribution in [0.3, 0.4) is 0 Å². The molecule has 1 aliphatic heterocycles. The van der Waals surface area contributed by atoms with Crippen LogP contribution in [0.15, 0.2) is 35.5 Å². The molecule has 14 heavy (non-hydrogen) atoms. The number of hydrogen-bond acceptors (Lipinski definition) is 2. The molecular formula is C12H13NO. The van der Waals surface area contributed by atoms with Crippen molar-refractivity contribution in [2.45, 2.75) is 6.42 Å². The van der Waals surface area contributed by atoms with E-state index in [0.717, 1.165) is 19.5 Å². The highest BCUT2D eigenvalue weighted by molar-refractivity contribution is 5.89. The molecule has 3 rings (SSSR count). The first-order valence-electron chi connectivity index (χ1n) is 5.17. The first-order chi connectivity index (χ1) is 6.86. The molecule has 72 valence electrons. The first-order valence-corrected chi connectivity index (χ1v) is 5.17. The Balaban J connectivity index is 2.11. The first kappa shape index (κ1) is 8.18. The molecule has 0 aromatic heterocycles. The Morgan fingerprint density at radius 2 is 2.29 bits per heavy atom. The molecule has 0 bridgehead atoms. The van der Waals surface area contributed by atoms with Gasteiger partial charge in [-0.25, -0.2) is 0 Å². The van der Waals surface area contributed by atoms with Crippen LogP contribution in [0.25, 0.3) is 0 Å². The van der Waals surface area contributed by atoms with Crippen LogP contribution in [0.1, 0.15) is 6.42 Å². The normalized spacial score (nSPS) is 34.7. The van der Waals surface area contributed by atoms with Gasteiger partial charge in [-0.15, -0.1) is 0 Å². The molecule has 2 aliphatic carbocycles. The van der Waals surface area contributed by atoms with E-state index in [9.17, 15) is 4.79 Å². The molecule has 1 N–H and O–H groups in total. The van der Waals surface area contributed by atoms with Gasteiger partial charge in [0.1, 0.15) is 5.78 Å². The molecular weight excluding hydrogens is 174 g/mol. The van der Waals surface area contributed by atoms with E-state index in [1.165, 1.54) is 11.1 Å². The van der Waals surface area contributed by atoms with Crippen LogP contribution >= 0.6 is 0 Å². The molecule has 2 nitrogen and oxygen atoms in total. The minimum absolute atomic E-state index is 0.0612. The third-order valence-electron chi connectivity index (χ3n) is 3.39. The van der Waals surface area contributed by atoms with Crippen LogP contribution < -0.4 is 5.32 Å². The van der Waals surface area contributed by atoms with E-state index in [1.54, 1.807) is 0 Å². The number of carbonyl (C=O) groups is 1. The molecule has 2 heteroatoms. The van der Waals surface area contributed by atoms with Gasteiger partial charge in [-0.2, -0.15) is 0 Å². The highest BCUT2D eigenvalue weighted by atomic mass is 16.1. The zero-order chi connectivity index (χ0) is 9.54. The standard InChI is InChI=1S/C12H13NO/c14-12-5-8-6-13-7-11(8)9-3-1-2-4-10(9)12/h1-4,8,10,13H,5-7H2. The molecule has 2 atom stereocenters. The Kier molecular flexibility index (Phi) is 1.71. The van der Waals surface area contributed by atoms with E-state index in [-0.39, 0.29) is 5.92 Å². The van der Waals surface area contributed by atoms with Gasteiger partial charge in [-0.05, 0) is 11.1 Å². The molecule has 3 aliphatic rings. The van der Waals surface area contributed by atoms with Gasteiger partial charge in [0.15, 0.2) is 0 Å². The lowest BCUT2D eigenvalue weighted by molar-refractivity contribution is -0.121. The molecule has 0 spiro atoms. The van der Waals surface area contributed by atoms with Crippen LogP contribution in [0.2, 0.25) is 0 Å². The molecule has 2 unspecified atom stereocenters. The van der Waals surface area contributed by atoms with Gasteiger partial charge in [0.05, 0.1) is 5.92 Å². The average Bonchev–Trinajstić information content (AvgIpc) is 2.66. The molecule has 1 saturated heterocycles. The predicted molar refractivity (Wildman–Crippen MR) is 54.8 cm³/mol. The number of ketones is 1. The van der Waals surface area contributed by atoms with E-state index >= 15 is 0 Å². The maximum atomic E-state index is 11.8. The second-order valence-electron chi connectivity index (χ2n) is 4.20. The Bertz CT molecular complexity index is 376. The van der Waals surface area contributed by atoms with E-state index in [0.29, 0.717) is 11.7 Å². The molecule has 0 radical (unpaired) electrons. The highest BCUT2D eigenvalue weighted by Crippen LogP contribution is 2.36. The average molecular weight is 187 g/mol. The number of rotatable bonds is 0. The topological polar surface area (TPSA) is 29.1 Å². The van der Waals surface area contributed by atoms with Crippen LogP contribution in [-0.4, -0.2) is 18.9 Å². The van der Waals surface area contributed by atoms with Gasteiger partial charge in [0.25, 0.3) is 0 Å². The molecule has 0 aromatic rings. The molecule has 0 aromatic carbocycles. The van der Waals surface area contributed by atoms with E-state index in [4.69, 9.17) is 0 Å². The summed E-state index contributed by atoms with van der Waals surface area (Å²) in [6, 6.07) is 0. The number of Topliss-reactive ketones (excluding diaryl/α,β-unsaturated/α-hetero) is 1. The minimum atomic E-state index is 0.0612. The van der Waals surface area contributed by atoms with Crippen LogP contribution in [-0.2, 0) is 4.79 Å². The summed E-state index contributed by atoms with van der Waals surface area (Å²) in [6.45, 7) is 1.96. The largest absolute Gasteiger partial charge is 0.312 e. The molecule has 1 heterocycles. The lowest BCUT2D eigenvalue weighted by atomic mass is 9.75. The van der Waals surface area contributed by atoms with Crippen molar-refractivity contribution >= 4 is 5.78 Å². The second-order valence-corrected chi connectivity index (χ2v) is 4.20. The zero-order valence-electron chi connectivity index (χ0n) is 7.99. The maximum Gasteiger partial charge on any atom is 0.144 e. The van der Waals surface area contributed by atoms with Gasteiger partial charge in [-0.3, -0.25) is 4.79 Å². The SMILES string of the molecule is O=C1CC2CNCC2=C2C=CC=CC12. The third-order valence-corrected chi connectivity index (χ3v) is 3.39. The van der Waals surface area contributed by atoms with Crippen molar-refractivity contribution in [2.24, 2.45) is 11.8 Å². The third kappa shape index (κ3) is 1.04. The summed E-state index contributed by atoms with van der Waals surface area (Å²) in [5, 5.41) is 3.35. The number of nitrogens with one attached hydrogen (secondary N) is 1. The van der Waals surface area contributed by atoms with E-state index in [1.807, 2.05) is 18.2 Å². The summed E-state index contributed by atoms with van der Waals surface area (Å²) in [5.74, 6) is 0.925. The highest BCUT2D eigenvalue weighted by Gasteiger charge is 2.35. The van der Waals surface area contributed by atoms with Crippen molar-refractivity contribution in [2.75, 3.05) is 13.1 Å².